The zero-order valence-electron chi connectivity index (χ0n) is 13.2. The third-order valence-electron chi connectivity index (χ3n) is 3.44. The minimum atomic E-state index is -3.83. The van der Waals surface area contributed by atoms with Crippen molar-refractivity contribution in [3.05, 3.63) is 59.6 Å². The van der Waals surface area contributed by atoms with Crippen LogP contribution >= 0.6 is 0 Å². The van der Waals surface area contributed by atoms with E-state index in [4.69, 9.17) is 5.14 Å². The van der Waals surface area contributed by atoms with Gasteiger partial charge in [0.15, 0.2) is 0 Å². The fourth-order valence-electron chi connectivity index (χ4n) is 2.22. The van der Waals surface area contributed by atoms with Crippen LogP contribution in [-0.4, -0.2) is 23.5 Å². The van der Waals surface area contributed by atoms with Gasteiger partial charge in [-0.25, -0.2) is 23.5 Å². The number of rotatable bonds is 5. The van der Waals surface area contributed by atoms with Gasteiger partial charge in [-0.2, -0.15) is 0 Å². The molecule has 0 amide bonds. The highest BCUT2D eigenvalue weighted by molar-refractivity contribution is 7.89. The van der Waals surface area contributed by atoms with Crippen LogP contribution in [0.5, 0.6) is 5.75 Å². The fourth-order valence-corrected chi connectivity index (χ4v) is 2.77. The van der Waals surface area contributed by atoms with Crippen LogP contribution in [0.4, 0.5) is 17.3 Å². The summed E-state index contributed by atoms with van der Waals surface area (Å²) in [6.45, 7) is 0. The van der Waals surface area contributed by atoms with Gasteiger partial charge in [-0.1, -0.05) is 6.07 Å². The van der Waals surface area contributed by atoms with Crippen molar-refractivity contribution in [2.24, 2.45) is 10.3 Å². The number of aromatic nitrogens is 2. The van der Waals surface area contributed by atoms with Gasteiger partial charge in [0.1, 0.15) is 11.4 Å². The lowest BCUT2D eigenvalue weighted by atomic mass is 10.1. The monoisotopic (exact) mass is 371 g/mol. The number of aromatic hydroxyl groups is 1. The summed E-state index contributed by atoms with van der Waals surface area (Å²) in [7, 11) is -3.83. The van der Waals surface area contributed by atoms with Crippen LogP contribution in [0.3, 0.4) is 0 Å². The van der Waals surface area contributed by atoms with Gasteiger partial charge in [-0.05, 0) is 47.6 Å². The third-order valence-corrected chi connectivity index (χ3v) is 4.35. The molecule has 0 spiro atoms. The number of phenolic OH excluding ortho intramolecular Hbond substituents is 1. The van der Waals surface area contributed by atoms with Crippen molar-refractivity contribution in [3.63, 3.8) is 0 Å². The quantitative estimate of drug-likeness (QED) is 0.584. The van der Waals surface area contributed by atoms with Crippen molar-refractivity contribution >= 4 is 27.3 Å². The Morgan fingerprint density at radius 1 is 1.12 bits per heavy atom. The number of sulfonamides is 1. The molecule has 0 radical (unpaired) electrons. The summed E-state index contributed by atoms with van der Waals surface area (Å²) in [5, 5.41) is 20.3. The van der Waals surface area contributed by atoms with Crippen LogP contribution in [0, 0.1) is 4.91 Å². The van der Waals surface area contributed by atoms with Crippen molar-refractivity contribution in [2.75, 3.05) is 5.32 Å². The molecule has 0 atom stereocenters. The Bertz CT molecular complexity index is 1090. The molecule has 26 heavy (non-hydrogen) atoms. The summed E-state index contributed by atoms with van der Waals surface area (Å²) >= 11 is 0. The van der Waals surface area contributed by atoms with Gasteiger partial charge < -0.3 is 10.4 Å². The van der Waals surface area contributed by atoms with E-state index in [0.29, 0.717) is 16.9 Å². The molecule has 0 saturated heterocycles. The number of benzene rings is 2. The maximum atomic E-state index is 11.4. The molecular weight excluding hydrogens is 358 g/mol. The van der Waals surface area contributed by atoms with E-state index in [2.05, 4.69) is 20.5 Å². The molecular formula is C16H13N5O4S. The first-order chi connectivity index (χ1) is 12.4. The molecule has 1 heterocycles. The van der Waals surface area contributed by atoms with Crippen LogP contribution in [0.25, 0.3) is 11.3 Å². The number of primary sulfonamides is 1. The van der Waals surface area contributed by atoms with Crippen LogP contribution in [0.1, 0.15) is 0 Å². The van der Waals surface area contributed by atoms with Gasteiger partial charge in [-0.15, -0.1) is 4.91 Å². The Labute approximate surface area is 148 Å². The maximum absolute atomic E-state index is 11.4. The van der Waals surface area contributed by atoms with E-state index in [1.165, 1.54) is 36.5 Å². The van der Waals surface area contributed by atoms with Crippen LogP contribution in [0.2, 0.25) is 0 Å². The summed E-state index contributed by atoms with van der Waals surface area (Å²) in [5.41, 5.74) is 1.38. The molecule has 0 saturated carbocycles. The third kappa shape index (κ3) is 3.82. The van der Waals surface area contributed by atoms with E-state index in [1.54, 1.807) is 18.2 Å². The zero-order chi connectivity index (χ0) is 18.7. The number of hydrogen-bond donors (Lipinski definition) is 3. The molecule has 4 N–H and O–H groups in total. The number of nitroso groups, excluding NO2 is 1. The van der Waals surface area contributed by atoms with Crippen molar-refractivity contribution in [2.45, 2.75) is 4.90 Å². The lowest BCUT2D eigenvalue weighted by Crippen LogP contribution is -2.12. The lowest BCUT2D eigenvalue weighted by molar-refractivity contribution is 0.477. The summed E-state index contributed by atoms with van der Waals surface area (Å²) in [6.07, 6.45) is 1.50. The zero-order valence-corrected chi connectivity index (χ0v) is 14.0. The van der Waals surface area contributed by atoms with E-state index < -0.39 is 10.0 Å². The van der Waals surface area contributed by atoms with Crippen LogP contribution in [-0.2, 0) is 10.0 Å². The van der Waals surface area contributed by atoms with Gasteiger partial charge in [0, 0.05) is 17.4 Å². The lowest BCUT2D eigenvalue weighted by Gasteiger charge is -2.08. The molecule has 3 aromatic rings. The van der Waals surface area contributed by atoms with Crippen molar-refractivity contribution in [3.8, 4) is 17.0 Å². The number of nitrogens with one attached hydrogen (secondary N) is 1. The average molecular weight is 371 g/mol. The molecule has 0 aliphatic rings. The summed E-state index contributed by atoms with van der Waals surface area (Å²) in [5.74, 6) is -0.0151. The van der Waals surface area contributed by atoms with Gasteiger partial charge in [0.25, 0.3) is 0 Å². The Morgan fingerprint density at radius 3 is 2.65 bits per heavy atom. The normalized spacial score (nSPS) is 11.1. The topological polar surface area (TPSA) is 148 Å². The van der Waals surface area contributed by atoms with Gasteiger partial charge in [0.2, 0.25) is 16.0 Å². The van der Waals surface area contributed by atoms with E-state index >= 15 is 0 Å². The fraction of sp³-hybridized carbons (Fsp3) is 0. The molecule has 2 aromatic carbocycles. The first-order valence-corrected chi connectivity index (χ1v) is 8.81. The molecule has 9 nitrogen and oxygen atoms in total. The Kier molecular flexibility index (Phi) is 4.61. The molecule has 0 fully saturated rings. The largest absolute Gasteiger partial charge is 0.506 e. The van der Waals surface area contributed by atoms with E-state index in [0.717, 1.165) is 0 Å². The van der Waals surface area contributed by atoms with E-state index in [9.17, 15) is 18.4 Å². The number of nitrogens with zero attached hydrogens (tertiary/aromatic N) is 3. The van der Waals surface area contributed by atoms with Gasteiger partial charge in [-0.3, -0.25) is 0 Å². The Hall–Kier alpha value is -3.37. The highest BCUT2D eigenvalue weighted by atomic mass is 32.2. The average Bonchev–Trinajstić information content (AvgIpc) is 2.62. The molecule has 3 rings (SSSR count). The van der Waals surface area contributed by atoms with Crippen LogP contribution in [0.15, 0.2) is 64.8 Å². The summed E-state index contributed by atoms with van der Waals surface area (Å²) < 4.78 is 22.9. The number of phenols is 1. The molecule has 0 aliphatic carbocycles. The first kappa shape index (κ1) is 17.5. The van der Waals surface area contributed by atoms with Crippen molar-refractivity contribution in [1.29, 1.82) is 0 Å². The van der Waals surface area contributed by atoms with E-state index in [1.807, 2.05) is 0 Å². The highest BCUT2D eigenvalue weighted by Gasteiger charge is 2.10. The van der Waals surface area contributed by atoms with Crippen molar-refractivity contribution in [1.82, 2.24) is 9.97 Å². The summed E-state index contributed by atoms with van der Waals surface area (Å²) in [6, 6.07) is 11.9. The Morgan fingerprint density at radius 2 is 1.92 bits per heavy atom. The number of anilines is 2. The standard InChI is InChI=1S/C16H13N5O4S/c17-26(24,25)12-3-1-2-11(9-12)19-16-18-7-6-13(20-16)10-4-5-15(22)14(8-10)21-23/h1-9,22H,(H2,17,24,25)(H,18,19,20). The SMILES string of the molecule is NS(=O)(=O)c1cccc(Nc2nccc(-c3ccc(O)c(N=O)c3)n2)c1. The summed E-state index contributed by atoms with van der Waals surface area (Å²) in [4.78, 5) is 19.1. The second kappa shape index (κ2) is 6.86. The smallest absolute Gasteiger partial charge is 0.238 e. The van der Waals surface area contributed by atoms with Gasteiger partial charge in [0.05, 0.1) is 10.6 Å². The van der Waals surface area contributed by atoms with Crippen LogP contribution < -0.4 is 10.5 Å². The highest BCUT2D eigenvalue weighted by Crippen LogP contribution is 2.31. The molecule has 0 bridgehead atoms. The molecule has 1 aromatic heterocycles. The van der Waals surface area contributed by atoms with Crippen molar-refractivity contribution < 1.29 is 13.5 Å². The maximum Gasteiger partial charge on any atom is 0.238 e. The predicted octanol–water partition coefficient (Wildman–Crippen LogP) is 2.64. The Balaban J connectivity index is 1.92. The predicted molar refractivity (Wildman–Crippen MR) is 95.7 cm³/mol. The van der Waals surface area contributed by atoms with Gasteiger partial charge >= 0.3 is 0 Å². The van der Waals surface area contributed by atoms with E-state index in [-0.39, 0.29) is 22.3 Å². The molecule has 132 valence electrons. The minimum Gasteiger partial charge on any atom is -0.506 e. The minimum absolute atomic E-state index is 0.0427. The second-order valence-electron chi connectivity index (χ2n) is 5.26. The number of nitrogens with two attached hydrogens (primary N) is 1. The molecule has 10 heteroatoms. The molecule has 0 aliphatic heterocycles. The first-order valence-electron chi connectivity index (χ1n) is 7.26. The number of hydrogen-bond acceptors (Lipinski definition) is 8. The second-order valence-corrected chi connectivity index (χ2v) is 6.82. The molecule has 0 unspecified atom stereocenters.